The van der Waals surface area contributed by atoms with E-state index >= 15 is 0 Å². The molecule has 0 radical (unpaired) electrons. The lowest BCUT2D eigenvalue weighted by atomic mass is 10.2. The highest BCUT2D eigenvalue weighted by Crippen LogP contribution is 2.29. The Labute approximate surface area is 120 Å². The molecule has 0 atom stereocenters. The van der Waals surface area contributed by atoms with Gasteiger partial charge in [0.2, 0.25) is 0 Å². The summed E-state index contributed by atoms with van der Waals surface area (Å²) >= 11 is 7.76. The van der Waals surface area contributed by atoms with Crippen molar-refractivity contribution in [3.05, 3.63) is 52.5 Å². The molecule has 0 amide bonds. The van der Waals surface area contributed by atoms with Gasteiger partial charge in [-0.3, -0.25) is 0 Å². The van der Waals surface area contributed by atoms with Gasteiger partial charge in [0.25, 0.3) is 0 Å². The molecule has 0 unspecified atom stereocenters. The third-order valence-electron chi connectivity index (χ3n) is 2.92. The average Bonchev–Trinajstić information content (AvgIpc) is 3.01. The number of aryl methyl sites for hydroxylation is 1. The molecule has 1 aromatic carbocycles. The van der Waals surface area contributed by atoms with Crippen molar-refractivity contribution in [2.75, 3.05) is 5.73 Å². The number of benzene rings is 1. The normalized spacial score (nSPS) is 10.8. The summed E-state index contributed by atoms with van der Waals surface area (Å²) in [5, 5.41) is 7.27. The summed E-state index contributed by atoms with van der Waals surface area (Å²) in [6.45, 7) is 1.97. The van der Waals surface area contributed by atoms with E-state index in [1.165, 1.54) is 0 Å². The molecule has 0 aliphatic rings. The van der Waals surface area contributed by atoms with Crippen molar-refractivity contribution < 1.29 is 0 Å². The lowest BCUT2D eigenvalue weighted by Gasteiger charge is -2.03. The van der Waals surface area contributed by atoms with Crippen LogP contribution in [0.25, 0.3) is 16.3 Å². The zero-order chi connectivity index (χ0) is 13.4. The summed E-state index contributed by atoms with van der Waals surface area (Å²) in [6.07, 6.45) is 1.82. The van der Waals surface area contributed by atoms with E-state index in [9.17, 15) is 0 Å². The number of aromatic nitrogens is 2. The molecule has 3 aromatic rings. The second-order valence-electron chi connectivity index (χ2n) is 4.29. The van der Waals surface area contributed by atoms with Crippen LogP contribution >= 0.6 is 22.9 Å². The van der Waals surface area contributed by atoms with E-state index in [1.54, 1.807) is 16.0 Å². The number of hydrogen-bond donors (Lipinski definition) is 1. The Morgan fingerprint density at radius 2 is 2.16 bits per heavy atom. The third kappa shape index (κ3) is 2.25. The molecule has 0 fully saturated rings. The standard InChI is InChI=1S/C14H12ClN3S/c1-9-4-5-10(7-11(9)15)18-8-12(16)14(17-18)13-3-2-6-19-13/h2-8H,16H2,1H3. The molecule has 0 spiro atoms. The summed E-state index contributed by atoms with van der Waals surface area (Å²) in [4.78, 5) is 1.06. The lowest BCUT2D eigenvalue weighted by Crippen LogP contribution is -1.95. The van der Waals surface area contributed by atoms with Gasteiger partial charge in [-0.25, -0.2) is 4.68 Å². The highest BCUT2D eigenvalue weighted by atomic mass is 35.5. The van der Waals surface area contributed by atoms with E-state index in [-0.39, 0.29) is 0 Å². The topological polar surface area (TPSA) is 43.8 Å². The van der Waals surface area contributed by atoms with Crippen LogP contribution in [-0.4, -0.2) is 9.78 Å². The molecule has 5 heteroatoms. The Morgan fingerprint density at radius 1 is 1.32 bits per heavy atom. The van der Waals surface area contributed by atoms with Crippen LogP contribution in [0.4, 0.5) is 5.69 Å². The highest BCUT2D eigenvalue weighted by molar-refractivity contribution is 7.13. The lowest BCUT2D eigenvalue weighted by molar-refractivity contribution is 0.885. The van der Waals surface area contributed by atoms with E-state index in [4.69, 9.17) is 17.3 Å². The molecule has 0 saturated heterocycles. The van der Waals surface area contributed by atoms with E-state index < -0.39 is 0 Å². The molecule has 0 aliphatic heterocycles. The Balaban J connectivity index is 2.07. The van der Waals surface area contributed by atoms with Gasteiger partial charge in [-0.1, -0.05) is 23.7 Å². The zero-order valence-corrected chi connectivity index (χ0v) is 11.9. The number of nitrogens with zero attached hydrogens (tertiary/aromatic N) is 2. The van der Waals surface area contributed by atoms with Gasteiger partial charge in [-0.15, -0.1) is 11.3 Å². The largest absolute Gasteiger partial charge is 0.396 e. The first-order valence-electron chi connectivity index (χ1n) is 5.80. The number of nitrogen functional groups attached to an aromatic ring is 1. The molecule has 0 aliphatic carbocycles. The van der Waals surface area contributed by atoms with Crippen LogP contribution in [0.3, 0.4) is 0 Å². The van der Waals surface area contributed by atoms with E-state index in [1.807, 2.05) is 48.8 Å². The second-order valence-corrected chi connectivity index (χ2v) is 5.64. The first-order valence-corrected chi connectivity index (χ1v) is 7.06. The van der Waals surface area contributed by atoms with Crippen LogP contribution in [0.2, 0.25) is 5.02 Å². The Morgan fingerprint density at radius 3 is 2.84 bits per heavy atom. The van der Waals surface area contributed by atoms with E-state index in [0.717, 1.165) is 26.8 Å². The Kier molecular flexibility index (Phi) is 3.05. The van der Waals surface area contributed by atoms with Gasteiger partial charge in [0.15, 0.2) is 0 Å². The molecule has 19 heavy (non-hydrogen) atoms. The fourth-order valence-corrected chi connectivity index (χ4v) is 2.75. The van der Waals surface area contributed by atoms with Crippen molar-refractivity contribution in [1.29, 1.82) is 0 Å². The minimum Gasteiger partial charge on any atom is -0.396 e. The van der Waals surface area contributed by atoms with Crippen LogP contribution in [0.1, 0.15) is 5.56 Å². The first kappa shape index (κ1) is 12.3. The third-order valence-corrected chi connectivity index (χ3v) is 4.20. The highest BCUT2D eigenvalue weighted by Gasteiger charge is 2.10. The number of halogens is 1. The summed E-state index contributed by atoms with van der Waals surface area (Å²) in [5.41, 5.74) is 9.46. The minimum atomic E-state index is 0.666. The quantitative estimate of drug-likeness (QED) is 0.770. The SMILES string of the molecule is Cc1ccc(-n2cc(N)c(-c3cccs3)n2)cc1Cl. The number of rotatable bonds is 2. The predicted molar refractivity (Wildman–Crippen MR) is 81.0 cm³/mol. The molecule has 3 nitrogen and oxygen atoms in total. The van der Waals surface area contributed by atoms with Crippen LogP contribution in [0.15, 0.2) is 41.9 Å². The smallest absolute Gasteiger partial charge is 0.126 e. The maximum absolute atomic E-state index is 6.14. The number of hydrogen-bond acceptors (Lipinski definition) is 3. The van der Waals surface area contributed by atoms with Crippen molar-refractivity contribution in [2.45, 2.75) is 6.92 Å². The summed E-state index contributed by atoms with van der Waals surface area (Å²) in [6, 6.07) is 9.84. The minimum absolute atomic E-state index is 0.666. The number of thiophene rings is 1. The van der Waals surface area contributed by atoms with Crippen LogP contribution in [-0.2, 0) is 0 Å². The summed E-state index contributed by atoms with van der Waals surface area (Å²) in [7, 11) is 0. The Hall–Kier alpha value is -1.78. The van der Waals surface area contributed by atoms with Gasteiger partial charge in [0.1, 0.15) is 5.69 Å². The number of anilines is 1. The van der Waals surface area contributed by atoms with Gasteiger partial charge in [-0.05, 0) is 36.1 Å². The van der Waals surface area contributed by atoms with E-state index in [0.29, 0.717) is 5.69 Å². The predicted octanol–water partition coefficient (Wildman–Crippen LogP) is 4.14. The van der Waals surface area contributed by atoms with Gasteiger partial charge in [0.05, 0.1) is 22.4 Å². The van der Waals surface area contributed by atoms with Crippen LogP contribution in [0, 0.1) is 6.92 Å². The van der Waals surface area contributed by atoms with Crippen molar-refractivity contribution in [2.24, 2.45) is 0 Å². The van der Waals surface area contributed by atoms with E-state index in [2.05, 4.69) is 5.10 Å². The molecule has 0 bridgehead atoms. The molecule has 96 valence electrons. The molecule has 2 aromatic heterocycles. The molecular weight excluding hydrogens is 278 g/mol. The maximum atomic E-state index is 6.14. The Bertz CT molecular complexity index is 716. The monoisotopic (exact) mass is 289 g/mol. The summed E-state index contributed by atoms with van der Waals surface area (Å²) < 4.78 is 1.76. The molecule has 2 heterocycles. The summed E-state index contributed by atoms with van der Waals surface area (Å²) in [5.74, 6) is 0. The fourth-order valence-electron chi connectivity index (χ4n) is 1.85. The van der Waals surface area contributed by atoms with Gasteiger partial charge in [0, 0.05) is 5.02 Å². The van der Waals surface area contributed by atoms with Gasteiger partial charge in [-0.2, -0.15) is 5.10 Å². The first-order chi connectivity index (χ1) is 9.15. The molecule has 2 N–H and O–H groups in total. The molecule has 3 rings (SSSR count). The average molecular weight is 290 g/mol. The zero-order valence-electron chi connectivity index (χ0n) is 10.3. The fraction of sp³-hybridized carbons (Fsp3) is 0.0714. The van der Waals surface area contributed by atoms with Gasteiger partial charge >= 0.3 is 0 Å². The second kappa shape index (κ2) is 4.72. The van der Waals surface area contributed by atoms with Crippen molar-refractivity contribution in [1.82, 2.24) is 9.78 Å². The van der Waals surface area contributed by atoms with Crippen molar-refractivity contribution in [3.63, 3.8) is 0 Å². The molecular formula is C14H12ClN3S. The van der Waals surface area contributed by atoms with Crippen LogP contribution < -0.4 is 5.73 Å². The number of nitrogens with two attached hydrogens (primary N) is 1. The van der Waals surface area contributed by atoms with Crippen molar-refractivity contribution >= 4 is 28.6 Å². The maximum Gasteiger partial charge on any atom is 0.126 e. The van der Waals surface area contributed by atoms with Crippen LogP contribution in [0.5, 0.6) is 0 Å². The molecule has 0 saturated carbocycles. The van der Waals surface area contributed by atoms with Gasteiger partial charge < -0.3 is 5.73 Å². The van der Waals surface area contributed by atoms with Crippen molar-refractivity contribution in [3.8, 4) is 16.3 Å².